The predicted molar refractivity (Wildman–Crippen MR) is 133 cm³/mol. The van der Waals surface area contributed by atoms with E-state index >= 15 is 0 Å². The van der Waals surface area contributed by atoms with Gasteiger partial charge in [0, 0.05) is 31.9 Å². The summed E-state index contributed by atoms with van der Waals surface area (Å²) in [7, 11) is 3.75. The van der Waals surface area contributed by atoms with Crippen molar-refractivity contribution in [2.45, 2.75) is 50.0 Å². The molecule has 6 nitrogen and oxygen atoms in total. The number of anilines is 3. The van der Waals surface area contributed by atoms with E-state index in [4.69, 9.17) is 9.84 Å². The molecule has 0 saturated heterocycles. The minimum atomic E-state index is -1.66. The van der Waals surface area contributed by atoms with Crippen LogP contribution in [0.25, 0.3) is 0 Å². The topological polar surface area (TPSA) is 65.0 Å². The van der Waals surface area contributed by atoms with Crippen molar-refractivity contribution in [3.63, 3.8) is 0 Å². The molecule has 2 aromatic rings. The highest BCUT2D eigenvalue weighted by molar-refractivity contribution is 7.97. The molecule has 0 spiro atoms. The first-order chi connectivity index (χ1) is 15.8. The van der Waals surface area contributed by atoms with Gasteiger partial charge < -0.3 is 19.6 Å². The number of hydrogen-bond donors (Lipinski definition) is 2. The molecule has 178 valence electrons. The molecule has 0 aliphatic carbocycles. The molecule has 1 heterocycles. The Morgan fingerprint density at radius 2 is 2.03 bits per heavy atom. The number of aliphatic carboxylic acids is 1. The highest BCUT2D eigenvalue weighted by Crippen LogP contribution is 2.45. The van der Waals surface area contributed by atoms with E-state index in [1.807, 2.05) is 49.3 Å². The lowest BCUT2D eigenvalue weighted by Crippen LogP contribution is -2.48. The second kappa shape index (κ2) is 10.9. The van der Waals surface area contributed by atoms with Crippen LogP contribution in [-0.4, -0.2) is 37.3 Å². The summed E-state index contributed by atoms with van der Waals surface area (Å²) in [4.78, 5) is 16.0. The molecule has 1 aliphatic heterocycles. The number of unbranched alkanes of at least 4 members (excludes halogenated alkanes) is 1. The van der Waals surface area contributed by atoms with Crippen LogP contribution in [0.1, 0.15) is 39.5 Å². The van der Waals surface area contributed by atoms with Crippen LogP contribution in [0.15, 0.2) is 59.4 Å². The van der Waals surface area contributed by atoms with Crippen LogP contribution in [0.2, 0.25) is 0 Å². The molecule has 0 bridgehead atoms. The van der Waals surface area contributed by atoms with Gasteiger partial charge in [-0.3, -0.25) is 4.72 Å². The first-order valence-corrected chi connectivity index (χ1v) is 12.0. The summed E-state index contributed by atoms with van der Waals surface area (Å²) < 4.78 is 22.8. The van der Waals surface area contributed by atoms with Gasteiger partial charge in [-0.1, -0.05) is 44.9 Å². The van der Waals surface area contributed by atoms with Gasteiger partial charge in [0.25, 0.3) is 0 Å². The third-order valence-corrected chi connectivity index (χ3v) is 6.98. The quantitative estimate of drug-likeness (QED) is 0.259. The van der Waals surface area contributed by atoms with Gasteiger partial charge in [-0.15, -0.1) is 0 Å². The fourth-order valence-corrected chi connectivity index (χ4v) is 4.95. The standard InChI is InChI=1S/C25H32FN3O3S/c1-5-7-13-25(6-2)17-29(18-11-9-8-10-12-18)21-14-20(28(3)4)22(15-23(21)33-27-25)32-16-19(26)24(30)31/h8-12,14-16,27H,5-7,13,17H2,1-4H3,(H,30,31)/b19-16-. The van der Waals surface area contributed by atoms with Crippen molar-refractivity contribution in [3.8, 4) is 5.75 Å². The van der Waals surface area contributed by atoms with Crippen LogP contribution in [0.3, 0.4) is 0 Å². The second-order valence-electron chi connectivity index (χ2n) is 8.43. The average Bonchev–Trinajstić information content (AvgIpc) is 2.98. The zero-order chi connectivity index (χ0) is 24.0. The van der Waals surface area contributed by atoms with E-state index in [-0.39, 0.29) is 5.54 Å². The van der Waals surface area contributed by atoms with Crippen LogP contribution in [0, 0.1) is 0 Å². The third-order valence-electron chi connectivity index (χ3n) is 5.90. The Hall–Kier alpha value is -2.71. The lowest BCUT2D eigenvalue weighted by molar-refractivity contribution is -0.134. The number of ether oxygens (including phenoxy) is 1. The van der Waals surface area contributed by atoms with Crippen LogP contribution in [0.4, 0.5) is 21.5 Å². The molecule has 0 aromatic heterocycles. The Balaban J connectivity index is 2.12. The van der Waals surface area contributed by atoms with Crippen LogP contribution in [-0.2, 0) is 4.79 Å². The molecule has 1 aliphatic rings. The number of hydrogen-bond acceptors (Lipinski definition) is 6. The summed E-state index contributed by atoms with van der Waals surface area (Å²) in [6.45, 7) is 5.21. The van der Waals surface area contributed by atoms with E-state index in [1.165, 1.54) is 0 Å². The molecule has 1 unspecified atom stereocenters. The van der Waals surface area contributed by atoms with Gasteiger partial charge in [0.1, 0.15) is 6.26 Å². The Morgan fingerprint density at radius 1 is 1.30 bits per heavy atom. The zero-order valence-electron chi connectivity index (χ0n) is 19.6. The number of carboxylic acid groups (broad SMARTS) is 1. The minimum Gasteiger partial charge on any atom is -0.476 e. The van der Waals surface area contributed by atoms with E-state index in [1.54, 1.807) is 11.9 Å². The van der Waals surface area contributed by atoms with E-state index in [0.29, 0.717) is 12.0 Å². The number of fused-ring (bicyclic) bond motifs is 1. The SMILES string of the molecule is CCCCC1(CC)CN(c2ccccc2)c2cc(N(C)C)c(O/C=C(\F)C(=O)O)cc2SN1. The number of halogens is 1. The first kappa shape index (κ1) is 24.9. The summed E-state index contributed by atoms with van der Waals surface area (Å²) in [5.74, 6) is -2.63. The maximum absolute atomic E-state index is 13.6. The number of nitrogens with zero attached hydrogens (tertiary/aromatic N) is 2. The van der Waals surface area contributed by atoms with E-state index in [0.717, 1.165) is 54.2 Å². The van der Waals surface area contributed by atoms with E-state index in [2.05, 4.69) is 35.6 Å². The van der Waals surface area contributed by atoms with Gasteiger partial charge in [-0.25, -0.2) is 4.79 Å². The lowest BCUT2D eigenvalue weighted by atomic mass is 9.89. The predicted octanol–water partition coefficient (Wildman–Crippen LogP) is 6.11. The van der Waals surface area contributed by atoms with Crippen molar-refractivity contribution < 1.29 is 19.0 Å². The summed E-state index contributed by atoms with van der Waals surface area (Å²) in [6.07, 6.45) is 4.89. The van der Waals surface area contributed by atoms with Crippen molar-refractivity contribution in [3.05, 3.63) is 54.6 Å². The van der Waals surface area contributed by atoms with E-state index < -0.39 is 11.8 Å². The molecular formula is C25H32FN3O3S. The molecule has 1 atom stereocenters. The highest BCUT2D eigenvalue weighted by atomic mass is 32.2. The summed E-state index contributed by atoms with van der Waals surface area (Å²) in [5.41, 5.74) is 2.74. The Kier molecular flexibility index (Phi) is 8.26. The average molecular weight is 474 g/mol. The van der Waals surface area contributed by atoms with Crippen LogP contribution < -0.4 is 19.3 Å². The van der Waals surface area contributed by atoms with E-state index in [9.17, 15) is 9.18 Å². The van der Waals surface area contributed by atoms with Crippen molar-refractivity contribution >= 4 is 35.0 Å². The van der Waals surface area contributed by atoms with Crippen molar-refractivity contribution in [1.29, 1.82) is 0 Å². The minimum absolute atomic E-state index is 0.0931. The van der Waals surface area contributed by atoms with Gasteiger partial charge >= 0.3 is 5.97 Å². The zero-order valence-corrected chi connectivity index (χ0v) is 20.4. The molecule has 0 saturated carbocycles. The van der Waals surface area contributed by atoms with Gasteiger partial charge in [-0.2, -0.15) is 4.39 Å². The molecule has 0 radical (unpaired) electrons. The number of para-hydroxylation sites is 1. The fraction of sp³-hybridized carbons (Fsp3) is 0.400. The summed E-state index contributed by atoms with van der Waals surface area (Å²) >= 11 is 1.54. The Bertz CT molecular complexity index is 1000. The Morgan fingerprint density at radius 3 is 2.64 bits per heavy atom. The number of carbonyl (C=O) groups is 1. The molecule has 2 aromatic carbocycles. The lowest BCUT2D eigenvalue weighted by Gasteiger charge is -2.37. The molecule has 0 fully saturated rings. The van der Waals surface area contributed by atoms with Gasteiger partial charge in [0.15, 0.2) is 5.75 Å². The van der Waals surface area contributed by atoms with Gasteiger partial charge in [-0.05, 0) is 49.1 Å². The van der Waals surface area contributed by atoms with Crippen molar-refractivity contribution in [2.75, 3.05) is 30.4 Å². The number of nitrogens with one attached hydrogen (secondary N) is 1. The van der Waals surface area contributed by atoms with Crippen molar-refractivity contribution in [1.82, 2.24) is 4.72 Å². The summed E-state index contributed by atoms with van der Waals surface area (Å²) in [5, 5.41) is 8.83. The summed E-state index contributed by atoms with van der Waals surface area (Å²) in [6, 6.07) is 14.1. The molecule has 33 heavy (non-hydrogen) atoms. The number of benzene rings is 2. The maximum atomic E-state index is 13.6. The molecule has 2 N–H and O–H groups in total. The normalized spacial score (nSPS) is 18.5. The van der Waals surface area contributed by atoms with Gasteiger partial charge in [0.2, 0.25) is 5.83 Å². The van der Waals surface area contributed by atoms with Crippen molar-refractivity contribution in [2.24, 2.45) is 0 Å². The maximum Gasteiger partial charge on any atom is 0.368 e. The monoisotopic (exact) mass is 473 g/mol. The Labute approximate surface area is 199 Å². The number of carboxylic acids is 1. The second-order valence-corrected chi connectivity index (χ2v) is 9.28. The molecule has 0 amide bonds. The smallest absolute Gasteiger partial charge is 0.368 e. The molecule has 8 heteroatoms. The molecule has 3 rings (SSSR count). The first-order valence-electron chi connectivity index (χ1n) is 11.2. The van der Waals surface area contributed by atoms with Crippen LogP contribution >= 0.6 is 11.9 Å². The largest absolute Gasteiger partial charge is 0.476 e. The third kappa shape index (κ3) is 5.81. The van der Waals surface area contributed by atoms with Crippen LogP contribution in [0.5, 0.6) is 5.75 Å². The number of rotatable bonds is 9. The fourth-order valence-electron chi connectivity index (χ4n) is 3.87. The highest BCUT2D eigenvalue weighted by Gasteiger charge is 2.35. The van der Waals surface area contributed by atoms with Gasteiger partial charge in [0.05, 0.1) is 16.3 Å². The molecular weight excluding hydrogens is 441 g/mol.